The van der Waals surface area contributed by atoms with E-state index in [4.69, 9.17) is 4.98 Å². The fourth-order valence-electron chi connectivity index (χ4n) is 16.2. The van der Waals surface area contributed by atoms with Gasteiger partial charge in [0.2, 0.25) is 0 Å². The van der Waals surface area contributed by atoms with Gasteiger partial charge in [-0.1, -0.05) is 194 Å². The fourth-order valence-corrected chi connectivity index (χ4v) is 16.2. The van der Waals surface area contributed by atoms with E-state index in [-0.39, 0.29) is 0 Å². The van der Waals surface area contributed by atoms with Crippen LogP contribution < -0.4 is 0 Å². The molecule has 6 nitrogen and oxygen atoms in total. The lowest BCUT2D eigenvalue weighted by Gasteiger charge is -2.15. The summed E-state index contributed by atoms with van der Waals surface area (Å²) in [7, 11) is 0. The van der Waals surface area contributed by atoms with Crippen LogP contribution >= 0.6 is 0 Å². The maximum atomic E-state index is 9.71. The van der Waals surface area contributed by atoms with Gasteiger partial charge in [-0.3, -0.25) is 4.98 Å². The maximum Gasteiger partial charge on any atom is 0.0992 e. The van der Waals surface area contributed by atoms with Gasteiger partial charge < -0.3 is 9.13 Å². The monoisotopic (exact) mass is 1320 g/mol. The number of benzene rings is 17. The van der Waals surface area contributed by atoms with Crippen LogP contribution in [-0.2, 0) is 0 Å². The molecule has 4 aromatic heterocycles. The molecule has 0 atom stereocenters. The molecule has 6 heteroatoms. The van der Waals surface area contributed by atoms with Crippen molar-refractivity contribution >= 4 is 108 Å². The molecule has 0 aliphatic carbocycles. The van der Waals surface area contributed by atoms with Crippen LogP contribution in [0.15, 0.2) is 352 Å². The molecular weight excluding hydrogens is 1260 g/mol. The number of para-hydroxylation sites is 2. The van der Waals surface area contributed by atoms with Gasteiger partial charge in [-0.25, -0.2) is 4.98 Å². The van der Waals surface area contributed by atoms with Crippen molar-refractivity contribution in [2.45, 2.75) is 0 Å². The third-order valence-electron chi connectivity index (χ3n) is 21.1. The quantitative estimate of drug-likeness (QED) is 0.135. The second-order valence-corrected chi connectivity index (χ2v) is 27.1. The molecule has 480 valence electrons. The van der Waals surface area contributed by atoms with Gasteiger partial charge in [0.25, 0.3) is 0 Å². The summed E-state index contributed by atoms with van der Waals surface area (Å²) < 4.78 is 4.55. The lowest BCUT2D eigenvalue weighted by Crippen LogP contribution is -1.93. The average molecular weight is 1320 g/mol. The van der Waals surface area contributed by atoms with Crippen LogP contribution in [0.25, 0.3) is 198 Å². The minimum atomic E-state index is 0.652. The second kappa shape index (κ2) is 24.3. The summed E-state index contributed by atoms with van der Waals surface area (Å²) >= 11 is 0. The van der Waals surface area contributed by atoms with Crippen LogP contribution in [-0.4, -0.2) is 19.1 Å². The molecule has 21 rings (SSSR count). The number of hydrogen-bond donors (Lipinski definition) is 0. The van der Waals surface area contributed by atoms with E-state index in [0.29, 0.717) is 11.1 Å². The first-order valence-electron chi connectivity index (χ1n) is 35.1. The Morgan fingerprint density at radius 2 is 0.529 bits per heavy atom. The summed E-state index contributed by atoms with van der Waals surface area (Å²) in [5.41, 5.74) is 23.7. The van der Waals surface area contributed by atoms with E-state index in [1.165, 1.54) is 109 Å². The SMILES string of the molecule is N#Cc1ccc2c3ccc(-c4cccc(-c5cc6ccc7cc(-c8cccc(-c9ccncc9)n8)cc8ccc(c5)c6c78)c4)cc3n(-c3ccccc3)c2c1.N#Cc1ccc2c3ccc(-c4cccc(-c5cc6ccc7cc(-c8ccccc8)cc8ccc(c5)c6c78)c4)cc3n(-c3ccccc3)c2c1. The Balaban J connectivity index is 0.000000139. The van der Waals surface area contributed by atoms with Crippen molar-refractivity contribution in [2.24, 2.45) is 0 Å². The Hall–Kier alpha value is -14.3. The largest absolute Gasteiger partial charge is 0.309 e. The highest BCUT2D eigenvalue weighted by Gasteiger charge is 2.20. The zero-order chi connectivity index (χ0) is 68.9. The average Bonchev–Trinajstić information content (AvgIpc) is 0.924. The standard InChI is InChI=1S/C51H30N4.C47H28N2/c52-31-32-12-18-44-45-19-17-36(30-49(45)55(48(44)24-32)43-8-2-1-3-9-43)34-6-4-7-35(25-34)41-26-37-13-15-39-28-42(29-40-16-14-38(27-41)50(37)51(39)40)47-11-5-10-46(54-47)33-20-22-53-23-21-33;48-29-30-14-20-42-43-21-19-34(28-45(43)49(44(42)22-30)41-12-5-2-6-13-41)32-10-7-11-33(23-32)40-26-37-17-15-35-24-39(31-8-3-1-4-9-31)25-36-16-18-38(27-40)47(37)46(35)36/h1-30H;1-28H. The number of aromatic nitrogens is 4. The van der Waals surface area contributed by atoms with Gasteiger partial charge in [0.15, 0.2) is 0 Å². The Labute approximate surface area is 599 Å². The molecule has 0 spiro atoms. The molecule has 0 amide bonds. The topological polar surface area (TPSA) is 83.2 Å². The van der Waals surface area contributed by atoms with Crippen LogP contribution in [0, 0.1) is 22.7 Å². The van der Waals surface area contributed by atoms with E-state index in [2.05, 4.69) is 311 Å². The Morgan fingerprint density at radius 3 is 0.923 bits per heavy atom. The fraction of sp³-hybridized carbons (Fsp3) is 0. The number of fused-ring (bicyclic) bond motifs is 6. The minimum absolute atomic E-state index is 0.652. The lowest BCUT2D eigenvalue weighted by atomic mass is 9.89. The van der Waals surface area contributed by atoms with Crippen molar-refractivity contribution in [1.29, 1.82) is 10.5 Å². The van der Waals surface area contributed by atoms with Crippen molar-refractivity contribution in [3.05, 3.63) is 363 Å². The number of pyridine rings is 2. The molecule has 0 bridgehead atoms. The molecule has 0 saturated carbocycles. The minimum Gasteiger partial charge on any atom is -0.309 e. The predicted octanol–water partition coefficient (Wildman–Crippen LogP) is 25.6. The first kappa shape index (κ1) is 59.7. The first-order valence-corrected chi connectivity index (χ1v) is 35.1. The molecule has 0 aliphatic rings. The maximum absolute atomic E-state index is 9.71. The van der Waals surface area contributed by atoms with E-state index in [0.717, 1.165) is 88.8 Å². The van der Waals surface area contributed by atoms with E-state index in [1.54, 1.807) is 12.4 Å². The lowest BCUT2D eigenvalue weighted by molar-refractivity contribution is 1.18. The van der Waals surface area contributed by atoms with Gasteiger partial charge in [0, 0.05) is 56.4 Å². The summed E-state index contributed by atoms with van der Waals surface area (Å²) in [5.74, 6) is 0. The number of nitriles is 2. The van der Waals surface area contributed by atoms with Gasteiger partial charge in [-0.05, 0) is 266 Å². The molecule has 0 radical (unpaired) electrons. The molecule has 0 saturated heterocycles. The van der Waals surface area contributed by atoms with E-state index in [1.807, 2.05) is 54.6 Å². The molecule has 17 aromatic carbocycles. The zero-order valence-corrected chi connectivity index (χ0v) is 56.2. The van der Waals surface area contributed by atoms with Crippen LogP contribution in [0.1, 0.15) is 11.1 Å². The highest BCUT2D eigenvalue weighted by molar-refractivity contribution is 6.26. The van der Waals surface area contributed by atoms with Crippen LogP contribution in [0.5, 0.6) is 0 Å². The number of hydrogen-bond acceptors (Lipinski definition) is 4. The van der Waals surface area contributed by atoms with E-state index >= 15 is 0 Å². The Morgan fingerprint density at radius 1 is 0.221 bits per heavy atom. The third kappa shape index (κ3) is 10.1. The Bertz CT molecular complexity index is 6970. The summed E-state index contributed by atoms with van der Waals surface area (Å²) in [6.07, 6.45) is 3.61. The summed E-state index contributed by atoms with van der Waals surface area (Å²) in [5, 5.41) is 39.2. The van der Waals surface area contributed by atoms with Crippen molar-refractivity contribution in [2.75, 3.05) is 0 Å². The van der Waals surface area contributed by atoms with Crippen LogP contribution in [0.3, 0.4) is 0 Å². The van der Waals surface area contributed by atoms with Crippen LogP contribution in [0.2, 0.25) is 0 Å². The molecule has 21 aromatic rings. The van der Waals surface area contributed by atoms with Gasteiger partial charge in [0.1, 0.15) is 0 Å². The van der Waals surface area contributed by atoms with Crippen molar-refractivity contribution < 1.29 is 0 Å². The highest BCUT2D eigenvalue weighted by Crippen LogP contribution is 2.45. The molecule has 0 fully saturated rings. The second-order valence-electron chi connectivity index (χ2n) is 27.1. The smallest absolute Gasteiger partial charge is 0.0992 e. The number of rotatable bonds is 9. The van der Waals surface area contributed by atoms with Crippen LogP contribution in [0.4, 0.5) is 0 Å². The van der Waals surface area contributed by atoms with E-state index in [9.17, 15) is 10.5 Å². The van der Waals surface area contributed by atoms with E-state index < -0.39 is 0 Å². The highest BCUT2D eigenvalue weighted by atomic mass is 15.0. The third-order valence-corrected chi connectivity index (χ3v) is 21.1. The summed E-state index contributed by atoms with van der Waals surface area (Å²) in [6, 6.07) is 126. The van der Waals surface area contributed by atoms with Crippen molar-refractivity contribution in [1.82, 2.24) is 19.1 Å². The molecule has 0 N–H and O–H groups in total. The predicted molar refractivity (Wildman–Crippen MR) is 432 cm³/mol. The Kier molecular flexibility index (Phi) is 13.9. The molecule has 0 unspecified atom stereocenters. The normalized spacial score (nSPS) is 11.6. The van der Waals surface area contributed by atoms with Gasteiger partial charge in [-0.15, -0.1) is 0 Å². The molecule has 104 heavy (non-hydrogen) atoms. The van der Waals surface area contributed by atoms with Crippen molar-refractivity contribution in [3.63, 3.8) is 0 Å². The summed E-state index contributed by atoms with van der Waals surface area (Å²) in [4.78, 5) is 9.20. The number of nitrogens with zero attached hydrogens (tertiary/aromatic N) is 6. The summed E-state index contributed by atoms with van der Waals surface area (Å²) in [6.45, 7) is 0. The van der Waals surface area contributed by atoms with Crippen molar-refractivity contribution in [3.8, 4) is 102 Å². The molecule has 0 aliphatic heterocycles. The van der Waals surface area contributed by atoms with Gasteiger partial charge in [-0.2, -0.15) is 10.5 Å². The molecule has 4 heterocycles. The first-order chi connectivity index (χ1) is 51.4. The van der Waals surface area contributed by atoms with Gasteiger partial charge in [0.05, 0.1) is 56.7 Å². The molecular formula is C98H58N6. The van der Waals surface area contributed by atoms with Gasteiger partial charge >= 0.3 is 0 Å². The zero-order valence-electron chi connectivity index (χ0n) is 56.2.